The molecule has 172 valence electrons. The van der Waals surface area contributed by atoms with E-state index in [2.05, 4.69) is 15.6 Å². The highest BCUT2D eigenvalue weighted by atomic mass is 19.1. The number of nitroso groups, excluding NO2 is 1. The Labute approximate surface area is 188 Å². The fraction of sp³-hybridized carbons (Fsp3) is 0.409. The van der Waals surface area contributed by atoms with E-state index in [9.17, 15) is 18.5 Å². The standard InChI is InChI=1S/C22H23F2N7O2/c23-14-4-5-17(24)16(11-14)19-3-1-2-8-30(19)20-7-10-31-21(27-20)18(12-25-31)26-22(32)29-9-6-15(13-29)28-33/h4-5,7,10-12,15,19H,1-3,6,8-9,13H2,(H,26,32)/t15?,19-/m1/s1. The summed E-state index contributed by atoms with van der Waals surface area (Å²) in [7, 11) is 0. The number of nitrogens with zero attached hydrogens (tertiary/aromatic N) is 6. The van der Waals surface area contributed by atoms with E-state index >= 15 is 0 Å². The Morgan fingerprint density at radius 1 is 1.15 bits per heavy atom. The summed E-state index contributed by atoms with van der Waals surface area (Å²) in [4.78, 5) is 31.6. The first-order valence-electron chi connectivity index (χ1n) is 11.0. The molecule has 11 heteroatoms. The molecule has 0 spiro atoms. The molecule has 0 radical (unpaired) electrons. The van der Waals surface area contributed by atoms with Gasteiger partial charge in [-0.1, -0.05) is 5.18 Å². The van der Waals surface area contributed by atoms with Crippen LogP contribution in [0.3, 0.4) is 0 Å². The molecule has 2 aliphatic rings. The van der Waals surface area contributed by atoms with Gasteiger partial charge in [-0.05, 0) is 49.9 Å². The Kier molecular flexibility index (Phi) is 5.61. The third kappa shape index (κ3) is 4.10. The number of carbonyl (C=O) groups is 1. The van der Waals surface area contributed by atoms with Crippen LogP contribution in [0.15, 0.2) is 41.8 Å². The van der Waals surface area contributed by atoms with Gasteiger partial charge in [-0.15, -0.1) is 0 Å². The predicted octanol–water partition coefficient (Wildman–Crippen LogP) is 4.11. The lowest BCUT2D eigenvalue weighted by molar-refractivity contribution is 0.222. The van der Waals surface area contributed by atoms with Gasteiger partial charge < -0.3 is 15.1 Å². The number of hydrogen-bond donors (Lipinski definition) is 1. The van der Waals surface area contributed by atoms with E-state index < -0.39 is 11.6 Å². The molecule has 2 saturated heterocycles. The van der Waals surface area contributed by atoms with Gasteiger partial charge >= 0.3 is 6.03 Å². The third-order valence-corrected chi connectivity index (χ3v) is 6.31. The molecule has 1 N–H and O–H groups in total. The van der Waals surface area contributed by atoms with Crippen LogP contribution in [-0.2, 0) is 0 Å². The number of aromatic nitrogens is 3. The van der Waals surface area contributed by atoms with Crippen LogP contribution < -0.4 is 10.2 Å². The maximum atomic E-state index is 14.5. The van der Waals surface area contributed by atoms with Gasteiger partial charge in [0.1, 0.15) is 29.2 Å². The molecule has 2 atom stereocenters. The summed E-state index contributed by atoms with van der Waals surface area (Å²) in [5.41, 5.74) is 1.18. The number of anilines is 2. The van der Waals surface area contributed by atoms with Crippen molar-refractivity contribution in [2.24, 2.45) is 5.18 Å². The molecule has 0 aliphatic carbocycles. The SMILES string of the molecule is O=NC1CCN(C(=O)Nc2cnn3ccc(N4CCCC[C@@H]4c4cc(F)ccc4F)nc23)C1. The summed E-state index contributed by atoms with van der Waals surface area (Å²) in [6.07, 6.45) is 6.26. The predicted molar refractivity (Wildman–Crippen MR) is 118 cm³/mol. The van der Waals surface area contributed by atoms with Crippen LogP contribution in [0.25, 0.3) is 5.65 Å². The van der Waals surface area contributed by atoms with Gasteiger partial charge in [-0.3, -0.25) is 0 Å². The number of fused-ring (bicyclic) bond motifs is 1. The van der Waals surface area contributed by atoms with Gasteiger partial charge in [0.2, 0.25) is 0 Å². The minimum absolute atomic E-state index is 0.280. The van der Waals surface area contributed by atoms with Gasteiger partial charge in [0, 0.05) is 31.4 Å². The number of nitrogens with one attached hydrogen (secondary N) is 1. The quantitative estimate of drug-likeness (QED) is 0.598. The maximum Gasteiger partial charge on any atom is 0.322 e. The van der Waals surface area contributed by atoms with E-state index in [-0.39, 0.29) is 24.7 Å². The largest absolute Gasteiger partial charge is 0.349 e. The number of piperidine rings is 1. The molecule has 1 aromatic carbocycles. The zero-order valence-electron chi connectivity index (χ0n) is 17.8. The molecule has 33 heavy (non-hydrogen) atoms. The second kappa shape index (κ2) is 8.72. The fourth-order valence-electron chi connectivity index (χ4n) is 4.61. The summed E-state index contributed by atoms with van der Waals surface area (Å²) in [5.74, 6) is -0.325. The Morgan fingerprint density at radius 2 is 2.03 bits per heavy atom. The second-order valence-electron chi connectivity index (χ2n) is 8.41. The maximum absolute atomic E-state index is 14.5. The molecule has 0 saturated carbocycles. The summed E-state index contributed by atoms with van der Waals surface area (Å²) in [5, 5.41) is 10.1. The first-order valence-corrected chi connectivity index (χ1v) is 11.0. The van der Waals surface area contributed by atoms with E-state index in [1.165, 1.54) is 17.2 Å². The summed E-state index contributed by atoms with van der Waals surface area (Å²) >= 11 is 0. The Morgan fingerprint density at radius 3 is 2.85 bits per heavy atom. The topological polar surface area (TPSA) is 95.2 Å². The van der Waals surface area contributed by atoms with Crippen molar-refractivity contribution in [1.82, 2.24) is 19.5 Å². The minimum atomic E-state index is -0.477. The van der Waals surface area contributed by atoms with Gasteiger partial charge in [0.25, 0.3) is 0 Å². The van der Waals surface area contributed by atoms with Gasteiger partial charge in [0.05, 0.1) is 12.2 Å². The molecule has 1 unspecified atom stereocenters. The highest BCUT2D eigenvalue weighted by molar-refractivity contribution is 5.93. The second-order valence-corrected chi connectivity index (χ2v) is 8.41. The lowest BCUT2D eigenvalue weighted by atomic mass is 9.94. The van der Waals surface area contributed by atoms with Gasteiger partial charge in [0.15, 0.2) is 5.65 Å². The zero-order chi connectivity index (χ0) is 22.9. The number of urea groups is 1. The number of rotatable bonds is 4. The van der Waals surface area contributed by atoms with Crippen molar-refractivity contribution in [1.29, 1.82) is 0 Å². The average molecular weight is 455 g/mol. The lowest BCUT2D eigenvalue weighted by Gasteiger charge is -2.37. The first kappa shape index (κ1) is 21.2. The number of hydrogen-bond acceptors (Lipinski definition) is 6. The van der Waals surface area contributed by atoms with Crippen LogP contribution in [0.5, 0.6) is 0 Å². The van der Waals surface area contributed by atoms with Gasteiger partial charge in [-0.25, -0.2) is 23.1 Å². The third-order valence-electron chi connectivity index (χ3n) is 6.31. The molecule has 2 amide bonds. The zero-order valence-corrected chi connectivity index (χ0v) is 17.8. The van der Waals surface area contributed by atoms with Crippen LogP contribution in [0.2, 0.25) is 0 Å². The molecule has 4 heterocycles. The number of benzene rings is 1. The van der Waals surface area contributed by atoms with Crippen molar-refractivity contribution in [3.8, 4) is 0 Å². The molecule has 2 aromatic heterocycles. The van der Waals surface area contributed by atoms with E-state index in [0.29, 0.717) is 48.6 Å². The Balaban J connectivity index is 1.43. The van der Waals surface area contributed by atoms with Crippen molar-refractivity contribution < 1.29 is 13.6 Å². The molecular weight excluding hydrogens is 432 g/mol. The van der Waals surface area contributed by atoms with Crippen molar-refractivity contribution in [2.75, 3.05) is 29.9 Å². The molecule has 0 bridgehead atoms. The molecule has 9 nitrogen and oxygen atoms in total. The Hall–Kier alpha value is -3.63. The molecular formula is C22H23F2N7O2. The van der Waals surface area contributed by atoms with Gasteiger partial charge in [-0.2, -0.15) is 10.0 Å². The Bertz CT molecular complexity index is 1200. The van der Waals surface area contributed by atoms with Crippen molar-refractivity contribution in [3.63, 3.8) is 0 Å². The first-order chi connectivity index (χ1) is 16.0. The molecule has 5 rings (SSSR count). The average Bonchev–Trinajstić information content (AvgIpc) is 3.48. The molecule has 2 aliphatic heterocycles. The van der Waals surface area contributed by atoms with E-state index in [4.69, 9.17) is 4.98 Å². The number of carbonyl (C=O) groups excluding carboxylic acids is 1. The van der Waals surface area contributed by atoms with Crippen molar-refractivity contribution >= 4 is 23.2 Å². The lowest BCUT2D eigenvalue weighted by Crippen LogP contribution is -2.35. The number of halogens is 2. The van der Waals surface area contributed by atoms with Crippen molar-refractivity contribution in [3.05, 3.63) is 58.8 Å². The van der Waals surface area contributed by atoms with Crippen molar-refractivity contribution in [2.45, 2.75) is 37.8 Å². The molecule has 3 aromatic rings. The van der Waals surface area contributed by atoms with Crippen LogP contribution in [0, 0.1) is 16.5 Å². The number of amides is 2. The van der Waals surface area contributed by atoms with Crippen LogP contribution >= 0.6 is 0 Å². The van der Waals surface area contributed by atoms with Crippen LogP contribution in [-0.4, -0.2) is 51.2 Å². The van der Waals surface area contributed by atoms with Crippen LogP contribution in [0.1, 0.15) is 37.3 Å². The summed E-state index contributed by atoms with van der Waals surface area (Å²) in [6.45, 7) is 1.38. The smallest absolute Gasteiger partial charge is 0.322 e. The monoisotopic (exact) mass is 455 g/mol. The normalized spacial score (nSPS) is 20.9. The molecule has 2 fully saturated rings. The highest BCUT2D eigenvalue weighted by Gasteiger charge is 2.29. The fourth-order valence-corrected chi connectivity index (χ4v) is 4.61. The van der Waals surface area contributed by atoms with E-state index in [1.807, 2.05) is 4.90 Å². The van der Waals surface area contributed by atoms with E-state index in [0.717, 1.165) is 25.0 Å². The summed E-state index contributed by atoms with van der Waals surface area (Å²) < 4.78 is 30.0. The minimum Gasteiger partial charge on any atom is -0.349 e. The highest BCUT2D eigenvalue weighted by Crippen LogP contribution is 2.36. The number of likely N-dealkylation sites (tertiary alicyclic amines) is 1. The van der Waals surface area contributed by atoms with E-state index in [1.54, 1.807) is 16.8 Å². The van der Waals surface area contributed by atoms with Crippen LogP contribution in [0.4, 0.5) is 25.1 Å². The summed E-state index contributed by atoms with van der Waals surface area (Å²) in [6, 6.07) is 4.22.